The fraction of sp³-hybridized carbons (Fsp3) is 0.526. The average Bonchev–Trinajstić information content (AvgIpc) is 3.15. The van der Waals surface area contributed by atoms with Crippen molar-refractivity contribution in [3.8, 4) is 6.07 Å². The second-order valence-electron chi connectivity index (χ2n) is 8.44. The molecule has 0 spiro atoms. The lowest BCUT2D eigenvalue weighted by Crippen LogP contribution is -2.58. The minimum atomic E-state index is -4.91. The second-order valence-corrected chi connectivity index (χ2v) is 10.0. The van der Waals surface area contributed by atoms with Gasteiger partial charge in [-0.1, -0.05) is 0 Å². The number of aliphatic hydroxyl groups is 1. The van der Waals surface area contributed by atoms with Gasteiger partial charge in [-0.15, -0.1) is 0 Å². The van der Waals surface area contributed by atoms with Crippen LogP contribution in [0.3, 0.4) is 0 Å². The molecule has 4 rings (SSSR count). The van der Waals surface area contributed by atoms with E-state index < -0.39 is 80.2 Å². The van der Waals surface area contributed by atoms with Crippen LogP contribution >= 0.6 is 0 Å². The quantitative estimate of drug-likeness (QED) is 0.506. The van der Waals surface area contributed by atoms with Crippen molar-refractivity contribution < 1.29 is 45.2 Å². The van der Waals surface area contributed by atoms with Crippen LogP contribution in [-0.4, -0.2) is 55.0 Å². The first-order valence-corrected chi connectivity index (χ1v) is 11.1. The smallest absolute Gasteiger partial charge is 0.387 e. The predicted octanol–water partition coefficient (Wildman–Crippen LogP) is 0.950. The molecular weight excluding hydrogens is 457 g/mol. The van der Waals surface area contributed by atoms with Gasteiger partial charge in [-0.05, 0) is 32.0 Å². The van der Waals surface area contributed by atoms with Gasteiger partial charge in [0.25, 0.3) is 10.1 Å². The Kier molecular flexibility index (Phi) is 4.61. The fourth-order valence-corrected chi connectivity index (χ4v) is 5.79. The van der Waals surface area contributed by atoms with E-state index in [0.717, 1.165) is 18.4 Å². The molecule has 3 fully saturated rings. The number of alkyl halides is 3. The molecule has 0 aliphatic carbocycles. The number of ether oxygens (including phenoxy) is 1. The van der Waals surface area contributed by atoms with E-state index in [-0.39, 0.29) is 0 Å². The number of imide groups is 1. The standard InChI is InChI=1S/C19H17F3N2O7S/c1-17-11-12(18(2,31-17)14(13(17)25)30-32(3,28)29)16(27)24(15(11)26)9-5-4-8(7-23)10(6-9)19(20,21)22/h4-6,11-14,25H,1-3H3/t11?,12-,13+,14+,17?,18?/m0/s1. The lowest BCUT2D eigenvalue weighted by molar-refractivity contribution is -0.138. The minimum Gasteiger partial charge on any atom is -0.387 e. The molecule has 2 amide bonds. The number of halogens is 3. The van der Waals surface area contributed by atoms with Crippen molar-refractivity contribution in [1.82, 2.24) is 0 Å². The Morgan fingerprint density at radius 3 is 2.25 bits per heavy atom. The molecule has 9 nitrogen and oxygen atoms in total. The Balaban J connectivity index is 1.81. The predicted molar refractivity (Wildman–Crippen MR) is 99.3 cm³/mol. The van der Waals surface area contributed by atoms with E-state index in [4.69, 9.17) is 14.2 Å². The number of carbonyl (C=O) groups excluding carboxylic acids is 2. The second kappa shape index (κ2) is 6.50. The third-order valence-electron chi connectivity index (χ3n) is 6.39. The molecule has 2 bridgehead atoms. The summed E-state index contributed by atoms with van der Waals surface area (Å²) in [5.41, 5.74) is -5.84. The molecule has 32 heavy (non-hydrogen) atoms. The van der Waals surface area contributed by atoms with E-state index in [1.54, 1.807) is 0 Å². The van der Waals surface area contributed by atoms with Gasteiger partial charge in [-0.2, -0.15) is 26.9 Å². The largest absolute Gasteiger partial charge is 0.417 e. The maximum Gasteiger partial charge on any atom is 0.417 e. The number of hydrogen-bond donors (Lipinski definition) is 1. The summed E-state index contributed by atoms with van der Waals surface area (Å²) in [6.07, 6.45) is -7.27. The van der Waals surface area contributed by atoms with Crippen LogP contribution in [0.4, 0.5) is 18.9 Å². The number of nitriles is 1. The highest BCUT2D eigenvalue weighted by Gasteiger charge is 2.80. The van der Waals surface area contributed by atoms with Gasteiger partial charge in [-0.25, -0.2) is 4.90 Å². The molecule has 0 saturated carbocycles. The zero-order valence-electron chi connectivity index (χ0n) is 16.9. The van der Waals surface area contributed by atoms with E-state index >= 15 is 0 Å². The number of hydrogen-bond acceptors (Lipinski definition) is 8. The van der Waals surface area contributed by atoms with Gasteiger partial charge in [0.15, 0.2) is 0 Å². The van der Waals surface area contributed by atoms with Gasteiger partial charge in [0.05, 0.1) is 41.0 Å². The topological polar surface area (TPSA) is 134 Å². The van der Waals surface area contributed by atoms with Crippen LogP contribution in [0.5, 0.6) is 0 Å². The molecule has 172 valence electrons. The summed E-state index contributed by atoms with van der Waals surface area (Å²) in [4.78, 5) is 27.0. The molecule has 3 heterocycles. The number of carbonyl (C=O) groups is 2. The summed E-state index contributed by atoms with van der Waals surface area (Å²) >= 11 is 0. The molecule has 1 N–H and O–H groups in total. The molecule has 1 aromatic rings. The summed E-state index contributed by atoms with van der Waals surface area (Å²) in [7, 11) is -4.09. The Hall–Kier alpha value is -2.53. The van der Waals surface area contributed by atoms with Crippen molar-refractivity contribution in [2.75, 3.05) is 11.2 Å². The Morgan fingerprint density at radius 2 is 1.75 bits per heavy atom. The SMILES string of the molecule is CC12OC(C)([C@@H]3C(=O)N(c4ccc(C#N)c(C(F)(F)F)c4)C(=O)C31)[C@H](OS(C)(=O)=O)[C@H]2O. The molecular formula is C19H17F3N2O7S. The zero-order valence-corrected chi connectivity index (χ0v) is 17.7. The van der Waals surface area contributed by atoms with Crippen molar-refractivity contribution in [2.24, 2.45) is 11.8 Å². The first-order chi connectivity index (χ1) is 14.6. The van der Waals surface area contributed by atoms with Crippen LogP contribution in [0.2, 0.25) is 0 Å². The van der Waals surface area contributed by atoms with Crippen molar-refractivity contribution in [3.05, 3.63) is 29.3 Å². The van der Waals surface area contributed by atoms with Crippen LogP contribution < -0.4 is 4.90 Å². The van der Waals surface area contributed by atoms with E-state index in [9.17, 15) is 36.3 Å². The lowest BCUT2D eigenvalue weighted by atomic mass is 9.66. The van der Waals surface area contributed by atoms with Crippen LogP contribution in [0.15, 0.2) is 18.2 Å². The molecule has 3 aliphatic heterocycles. The number of aliphatic hydroxyl groups excluding tert-OH is 1. The molecule has 3 saturated heterocycles. The molecule has 6 atom stereocenters. The summed E-state index contributed by atoms with van der Waals surface area (Å²) in [5.74, 6) is -4.40. The van der Waals surface area contributed by atoms with Crippen molar-refractivity contribution >= 4 is 27.6 Å². The lowest BCUT2D eigenvalue weighted by Gasteiger charge is -2.37. The summed E-state index contributed by atoms with van der Waals surface area (Å²) in [6, 6.07) is 3.84. The van der Waals surface area contributed by atoms with Crippen molar-refractivity contribution in [3.63, 3.8) is 0 Å². The van der Waals surface area contributed by atoms with Gasteiger partial charge in [0, 0.05) is 0 Å². The van der Waals surface area contributed by atoms with E-state index in [1.807, 2.05) is 0 Å². The van der Waals surface area contributed by atoms with Gasteiger partial charge < -0.3 is 9.84 Å². The van der Waals surface area contributed by atoms with Crippen molar-refractivity contribution in [2.45, 2.75) is 43.4 Å². The van der Waals surface area contributed by atoms with E-state index in [0.29, 0.717) is 11.0 Å². The first-order valence-electron chi connectivity index (χ1n) is 9.32. The third-order valence-corrected chi connectivity index (χ3v) is 6.94. The Bertz CT molecular complexity index is 1190. The highest BCUT2D eigenvalue weighted by molar-refractivity contribution is 7.86. The molecule has 0 radical (unpaired) electrons. The van der Waals surface area contributed by atoms with E-state index in [2.05, 4.69) is 0 Å². The number of rotatable bonds is 3. The van der Waals surface area contributed by atoms with Crippen LogP contribution in [0.1, 0.15) is 25.0 Å². The molecule has 13 heteroatoms. The van der Waals surface area contributed by atoms with Gasteiger partial charge in [0.2, 0.25) is 11.8 Å². The number of anilines is 1. The Morgan fingerprint density at radius 1 is 1.19 bits per heavy atom. The third kappa shape index (κ3) is 2.90. The number of amides is 2. The summed E-state index contributed by atoms with van der Waals surface area (Å²) in [5, 5.41) is 19.7. The molecule has 1 aromatic carbocycles. The normalized spacial score (nSPS) is 36.5. The van der Waals surface area contributed by atoms with Gasteiger partial charge in [-0.3, -0.25) is 13.8 Å². The maximum absolute atomic E-state index is 13.4. The molecule has 0 aromatic heterocycles. The number of benzene rings is 1. The highest BCUT2D eigenvalue weighted by Crippen LogP contribution is 2.62. The molecule has 3 aliphatic rings. The van der Waals surface area contributed by atoms with Gasteiger partial charge >= 0.3 is 6.18 Å². The van der Waals surface area contributed by atoms with Crippen molar-refractivity contribution in [1.29, 1.82) is 5.26 Å². The zero-order chi connectivity index (χ0) is 24.0. The maximum atomic E-state index is 13.4. The highest BCUT2D eigenvalue weighted by atomic mass is 32.2. The minimum absolute atomic E-state index is 0.401. The van der Waals surface area contributed by atoms with Crippen LogP contribution in [0.25, 0.3) is 0 Å². The van der Waals surface area contributed by atoms with Gasteiger partial charge in [0.1, 0.15) is 23.4 Å². The molecule has 3 unspecified atom stereocenters. The summed E-state index contributed by atoms with van der Waals surface area (Å²) < 4.78 is 74.3. The van der Waals surface area contributed by atoms with Crippen LogP contribution in [-0.2, 0) is 34.8 Å². The monoisotopic (exact) mass is 474 g/mol. The Labute approximate surface area is 180 Å². The summed E-state index contributed by atoms with van der Waals surface area (Å²) in [6.45, 7) is 2.64. The fourth-order valence-electron chi connectivity index (χ4n) is 5.11. The first kappa shape index (κ1) is 22.7. The van der Waals surface area contributed by atoms with E-state index in [1.165, 1.54) is 19.9 Å². The van der Waals surface area contributed by atoms with Crippen LogP contribution in [0, 0.1) is 23.2 Å². The number of fused-ring (bicyclic) bond motifs is 5. The number of nitrogens with zero attached hydrogens (tertiary/aromatic N) is 2. The average molecular weight is 474 g/mol.